The monoisotopic (exact) mass is 254 g/mol. The molecule has 0 fully saturated rings. The highest BCUT2D eigenvalue weighted by Crippen LogP contribution is 2.16. The van der Waals surface area contributed by atoms with Crippen LogP contribution in [0.1, 0.15) is 38.3 Å². The average Bonchev–Trinajstić information content (AvgIpc) is 2.29. The first-order chi connectivity index (χ1) is 8.02. The van der Waals surface area contributed by atoms with Gasteiger partial charge in [-0.15, -0.1) is 0 Å². The maximum Gasteiger partial charge on any atom is 0.222 e. The highest BCUT2D eigenvalue weighted by molar-refractivity contribution is 6.30. The second-order valence-electron chi connectivity index (χ2n) is 4.21. The summed E-state index contributed by atoms with van der Waals surface area (Å²) in [6, 6.07) is 7.37. The number of nitrogens with one attached hydrogen (secondary N) is 1. The van der Waals surface area contributed by atoms with Crippen LogP contribution in [0.2, 0.25) is 5.02 Å². The third-order valence-electron chi connectivity index (χ3n) is 2.72. The van der Waals surface area contributed by atoms with Crippen LogP contribution < -0.4 is 11.1 Å². The molecule has 4 heteroatoms. The Morgan fingerprint density at radius 1 is 1.41 bits per heavy atom. The predicted molar refractivity (Wildman–Crippen MR) is 70.9 cm³/mol. The van der Waals surface area contributed by atoms with Crippen molar-refractivity contribution in [3.05, 3.63) is 34.9 Å². The van der Waals surface area contributed by atoms with Crippen molar-refractivity contribution in [3.8, 4) is 0 Å². The zero-order chi connectivity index (χ0) is 12.8. The van der Waals surface area contributed by atoms with Gasteiger partial charge in [0.1, 0.15) is 0 Å². The first-order valence-corrected chi connectivity index (χ1v) is 6.21. The van der Waals surface area contributed by atoms with E-state index in [0.29, 0.717) is 11.4 Å². The van der Waals surface area contributed by atoms with Crippen molar-refractivity contribution in [3.63, 3.8) is 0 Å². The summed E-state index contributed by atoms with van der Waals surface area (Å²) in [7, 11) is 0. The Labute approximate surface area is 107 Å². The molecule has 0 bridgehead atoms. The van der Waals surface area contributed by atoms with Gasteiger partial charge in [-0.25, -0.2) is 0 Å². The van der Waals surface area contributed by atoms with E-state index < -0.39 is 0 Å². The molecule has 1 aromatic rings. The van der Waals surface area contributed by atoms with Gasteiger partial charge in [-0.2, -0.15) is 0 Å². The van der Waals surface area contributed by atoms with Crippen LogP contribution in [0.15, 0.2) is 24.3 Å². The van der Waals surface area contributed by atoms with E-state index >= 15 is 0 Å². The van der Waals surface area contributed by atoms with Crippen molar-refractivity contribution >= 4 is 17.5 Å². The molecular weight excluding hydrogens is 236 g/mol. The second-order valence-corrected chi connectivity index (χ2v) is 4.65. The van der Waals surface area contributed by atoms with Crippen molar-refractivity contribution in [2.45, 2.75) is 38.8 Å². The number of carbonyl (C=O) groups excluding carboxylic acids is 1. The SMILES string of the molecule is CCC(N)CC(=O)N[C@@H](C)c1ccc(Cl)cc1. The van der Waals surface area contributed by atoms with E-state index in [1.807, 2.05) is 38.1 Å². The van der Waals surface area contributed by atoms with E-state index in [1.165, 1.54) is 0 Å². The standard InChI is InChI=1S/C13H19ClN2O/c1-3-12(15)8-13(17)16-9(2)10-4-6-11(14)7-5-10/h4-7,9,12H,3,8,15H2,1-2H3,(H,16,17)/t9-,12?/m0/s1. The summed E-state index contributed by atoms with van der Waals surface area (Å²) in [5.41, 5.74) is 6.76. The molecule has 1 amide bonds. The van der Waals surface area contributed by atoms with Crippen molar-refractivity contribution < 1.29 is 4.79 Å². The Morgan fingerprint density at radius 3 is 2.53 bits per heavy atom. The maximum absolute atomic E-state index is 11.6. The summed E-state index contributed by atoms with van der Waals surface area (Å²) < 4.78 is 0. The lowest BCUT2D eigenvalue weighted by atomic mass is 10.1. The van der Waals surface area contributed by atoms with Crippen LogP contribution in [0.3, 0.4) is 0 Å². The van der Waals surface area contributed by atoms with Crippen molar-refractivity contribution in [2.75, 3.05) is 0 Å². The summed E-state index contributed by atoms with van der Waals surface area (Å²) >= 11 is 5.81. The van der Waals surface area contributed by atoms with Gasteiger partial charge in [0, 0.05) is 17.5 Å². The van der Waals surface area contributed by atoms with Gasteiger partial charge in [0.2, 0.25) is 5.91 Å². The minimum Gasteiger partial charge on any atom is -0.350 e. The van der Waals surface area contributed by atoms with Gasteiger partial charge in [0.15, 0.2) is 0 Å². The molecular formula is C13H19ClN2O. The Bertz CT molecular complexity index is 364. The van der Waals surface area contributed by atoms with Crippen LogP contribution in [0.5, 0.6) is 0 Å². The molecule has 0 aliphatic carbocycles. The van der Waals surface area contributed by atoms with Crippen LogP contribution in [0, 0.1) is 0 Å². The molecule has 94 valence electrons. The van der Waals surface area contributed by atoms with E-state index in [4.69, 9.17) is 17.3 Å². The molecule has 0 saturated carbocycles. The maximum atomic E-state index is 11.6. The molecule has 0 radical (unpaired) electrons. The summed E-state index contributed by atoms with van der Waals surface area (Å²) in [4.78, 5) is 11.6. The first-order valence-electron chi connectivity index (χ1n) is 5.83. The third-order valence-corrected chi connectivity index (χ3v) is 2.97. The van der Waals surface area contributed by atoms with Crippen LogP contribution in [0.25, 0.3) is 0 Å². The molecule has 2 atom stereocenters. The fourth-order valence-electron chi connectivity index (χ4n) is 1.52. The molecule has 0 spiro atoms. The number of rotatable bonds is 5. The van der Waals surface area contributed by atoms with Crippen LogP contribution in [0.4, 0.5) is 0 Å². The first kappa shape index (κ1) is 14.0. The number of halogens is 1. The Kier molecular flexibility index (Phi) is 5.45. The number of hydrogen-bond acceptors (Lipinski definition) is 2. The van der Waals surface area contributed by atoms with Gasteiger partial charge >= 0.3 is 0 Å². The van der Waals surface area contributed by atoms with Gasteiger partial charge in [-0.05, 0) is 31.0 Å². The number of nitrogens with two attached hydrogens (primary N) is 1. The Hall–Kier alpha value is -1.06. The minimum absolute atomic E-state index is 0.0122. The minimum atomic E-state index is -0.0626. The number of benzene rings is 1. The highest BCUT2D eigenvalue weighted by atomic mass is 35.5. The summed E-state index contributed by atoms with van der Waals surface area (Å²) in [6.07, 6.45) is 1.18. The van der Waals surface area contributed by atoms with E-state index in [2.05, 4.69) is 5.32 Å². The molecule has 3 nitrogen and oxygen atoms in total. The second kappa shape index (κ2) is 6.62. The smallest absolute Gasteiger partial charge is 0.222 e. The molecule has 0 aliphatic heterocycles. The fraction of sp³-hybridized carbons (Fsp3) is 0.462. The van der Waals surface area contributed by atoms with Gasteiger partial charge < -0.3 is 11.1 Å². The molecule has 0 saturated heterocycles. The molecule has 0 aliphatic rings. The Morgan fingerprint density at radius 2 is 2.00 bits per heavy atom. The van der Waals surface area contributed by atoms with E-state index in [9.17, 15) is 4.79 Å². The zero-order valence-electron chi connectivity index (χ0n) is 10.2. The van der Waals surface area contributed by atoms with Gasteiger partial charge in [-0.1, -0.05) is 30.7 Å². The third kappa shape index (κ3) is 4.75. The lowest BCUT2D eigenvalue weighted by molar-refractivity contribution is -0.122. The Balaban J connectivity index is 2.51. The molecule has 0 aromatic heterocycles. The van der Waals surface area contributed by atoms with Gasteiger partial charge in [0.05, 0.1) is 6.04 Å². The number of amides is 1. The largest absolute Gasteiger partial charge is 0.350 e. The lowest BCUT2D eigenvalue weighted by Crippen LogP contribution is -2.32. The van der Waals surface area contributed by atoms with Gasteiger partial charge in [0.25, 0.3) is 0 Å². The highest BCUT2D eigenvalue weighted by Gasteiger charge is 2.11. The number of carbonyl (C=O) groups is 1. The zero-order valence-corrected chi connectivity index (χ0v) is 11.0. The molecule has 1 aromatic carbocycles. The van der Waals surface area contributed by atoms with Crippen molar-refractivity contribution in [1.82, 2.24) is 5.32 Å². The normalized spacial score (nSPS) is 14.1. The fourth-order valence-corrected chi connectivity index (χ4v) is 1.64. The quantitative estimate of drug-likeness (QED) is 0.849. The average molecular weight is 255 g/mol. The number of hydrogen-bond donors (Lipinski definition) is 2. The van der Waals surface area contributed by atoms with Crippen molar-refractivity contribution in [2.24, 2.45) is 5.73 Å². The summed E-state index contributed by atoms with van der Waals surface area (Å²) in [5.74, 6) is -0.0122. The lowest BCUT2D eigenvalue weighted by Gasteiger charge is -2.16. The van der Waals surface area contributed by atoms with Gasteiger partial charge in [-0.3, -0.25) is 4.79 Å². The topological polar surface area (TPSA) is 55.1 Å². The summed E-state index contributed by atoms with van der Waals surface area (Å²) in [5, 5.41) is 3.61. The van der Waals surface area contributed by atoms with Crippen LogP contribution in [-0.4, -0.2) is 11.9 Å². The van der Waals surface area contributed by atoms with Crippen LogP contribution >= 0.6 is 11.6 Å². The molecule has 1 unspecified atom stereocenters. The van der Waals surface area contributed by atoms with E-state index in [1.54, 1.807) is 0 Å². The molecule has 0 heterocycles. The molecule has 1 rings (SSSR count). The predicted octanol–water partition coefficient (Wildman–Crippen LogP) is 2.64. The van der Waals surface area contributed by atoms with E-state index in [-0.39, 0.29) is 18.0 Å². The van der Waals surface area contributed by atoms with Crippen LogP contribution in [-0.2, 0) is 4.79 Å². The van der Waals surface area contributed by atoms with E-state index in [0.717, 1.165) is 12.0 Å². The molecule has 17 heavy (non-hydrogen) atoms. The molecule has 3 N–H and O–H groups in total. The van der Waals surface area contributed by atoms with Crippen molar-refractivity contribution in [1.29, 1.82) is 0 Å². The summed E-state index contributed by atoms with van der Waals surface area (Å²) in [6.45, 7) is 3.92.